The van der Waals surface area contributed by atoms with Gasteiger partial charge in [-0.1, -0.05) is 23.4 Å². The van der Waals surface area contributed by atoms with Gasteiger partial charge in [0.2, 0.25) is 11.6 Å². The average molecular weight is 244 g/mol. The van der Waals surface area contributed by atoms with Crippen LogP contribution < -0.4 is 5.32 Å². The molecule has 2 aromatic rings. The molecule has 18 heavy (non-hydrogen) atoms. The topological polar surface area (TPSA) is 97.1 Å². The first-order valence-corrected chi connectivity index (χ1v) is 5.24. The van der Waals surface area contributed by atoms with Gasteiger partial charge in [-0.3, -0.25) is 4.79 Å². The number of nitrogens with one attached hydrogen (secondary N) is 1. The van der Waals surface area contributed by atoms with E-state index in [0.29, 0.717) is 5.69 Å². The number of carbonyl (C=O) groups excluding carboxylic acids is 1. The Balaban J connectivity index is 2.28. The molecule has 0 spiro atoms. The van der Waals surface area contributed by atoms with Crippen LogP contribution in [0, 0.1) is 0 Å². The van der Waals surface area contributed by atoms with Crippen molar-refractivity contribution in [1.29, 1.82) is 0 Å². The quantitative estimate of drug-likeness (QED) is 0.759. The highest BCUT2D eigenvalue weighted by Crippen LogP contribution is 2.24. The Kier molecular flexibility index (Phi) is 2.12. The lowest BCUT2D eigenvalue weighted by Gasteiger charge is -2.04. The maximum atomic E-state index is 11.7. The summed E-state index contributed by atoms with van der Waals surface area (Å²) in [6, 6.07) is 7.16. The summed E-state index contributed by atoms with van der Waals surface area (Å²) in [5.74, 6) is -1.42. The van der Waals surface area contributed by atoms with Crippen molar-refractivity contribution < 1.29 is 14.7 Å². The number of aromatic carboxylic acids is 1. The number of fused-ring (bicyclic) bond motifs is 3. The third-order valence-corrected chi connectivity index (χ3v) is 2.70. The van der Waals surface area contributed by atoms with Gasteiger partial charge >= 0.3 is 5.97 Å². The summed E-state index contributed by atoms with van der Waals surface area (Å²) in [6.45, 7) is 0. The molecule has 3 rings (SSSR count). The molecule has 0 aliphatic carbocycles. The maximum Gasteiger partial charge on any atom is 0.360 e. The zero-order chi connectivity index (χ0) is 12.7. The van der Waals surface area contributed by atoms with Crippen LogP contribution in [0.5, 0.6) is 0 Å². The van der Waals surface area contributed by atoms with E-state index >= 15 is 0 Å². The SMILES string of the molecule is O=C1Cc2ccccc2-n2nnc(C(=O)O)c2N1. The van der Waals surface area contributed by atoms with Gasteiger partial charge in [-0.15, -0.1) is 5.10 Å². The zero-order valence-electron chi connectivity index (χ0n) is 9.12. The van der Waals surface area contributed by atoms with Crippen molar-refractivity contribution >= 4 is 17.7 Å². The fourth-order valence-electron chi connectivity index (χ4n) is 1.92. The Morgan fingerprint density at radius 3 is 2.94 bits per heavy atom. The van der Waals surface area contributed by atoms with Crippen LogP contribution in [0.2, 0.25) is 0 Å². The highest BCUT2D eigenvalue weighted by molar-refractivity contribution is 6.00. The van der Waals surface area contributed by atoms with E-state index in [4.69, 9.17) is 5.11 Å². The fraction of sp³-hybridized carbons (Fsp3) is 0.0909. The fourth-order valence-corrected chi connectivity index (χ4v) is 1.92. The van der Waals surface area contributed by atoms with E-state index in [1.807, 2.05) is 6.07 Å². The average Bonchev–Trinajstić information content (AvgIpc) is 2.67. The number of rotatable bonds is 1. The minimum atomic E-state index is -1.23. The first-order chi connectivity index (χ1) is 8.66. The number of hydrogen-bond acceptors (Lipinski definition) is 4. The van der Waals surface area contributed by atoms with Gasteiger partial charge in [0.25, 0.3) is 0 Å². The number of hydrogen-bond donors (Lipinski definition) is 2. The zero-order valence-corrected chi connectivity index (χ0v) is 9.12. The van der Waals surface area contributed by atoms with Crippen molar-refractivity contribution in [3.8, 4) is 5.69 Å². The van der Waals surface area contributed by atoms with Crippen molar-refractivity contribution in [2.45, 2.75) is 6.42 Å². The van der Waals surface area contributed by atoms with Crippen LogP contribution in [-0.2, 0) is 11.2 Å². The number of nitrogens with zero attached hydrogens (tertiary/aromatic N) is 3. The molecule has 1 aromatic heterocycles. The lowest BCUT2D eigenvalue weighted by molar-refractivity contribution is -0.115. The van der Waals surface area contributed by atoms with Gasteiger partial charge in [0, 0.05) is 0 Å². The largest absolute Gasteiger partial charge is 0.476 e. The third kappa shape index (κ3) is 1.45. The first kappa shape index (κ1) is 10.5. The molecule has 1 amide bonds. The summed E-state index contributed by atoms with van der Waals surface area (Å²) in [5.41, 5.74) is 1.17. The molecule has 0 radical (unpaired) electrons. The van der Waals surface area contributed by atoms with E-state index in [-0.39, 0.29) is 23.8 Å². The number of para-hydroxylation sites is 1. The van der Waals surface area contributed by atoms with Crippen molar-refractivity contribution in [2.75, 3.05) is 5.32 Å². The lowest BCUT2D eigenvalue weighted by Crippen LogP contribution is -2.15. The van der Waals surface area contributed by atoms with Crippen LogP contribution in [0.4, 0.5) is 5.82 Å². The van der Waals surface area contributed by atoms with Crippen LogP contribution in [0.1, 0.15) is 16.1 Å². The highest BCUT2D eigenvalue weighted by atomic mass is 16.4. The molecule has 1 aromatic carbocycles. The highest BCUT2D eigenvalue weighted by Gasteiger charge is 2.26. The number of aromatic nitrogens is 3. The minimum absolute atomic E-state index is 0.0949. The van der Waals surface area contributed by atoms with Crippen LogP contribution in [0.3, 0.4) is 0 Å². The van der Waals surface area contributed by atoms with Crippen LogP contribution in [0.25, 0.3) is 5.69 Å². The summed E-state index contributed by atoms with van der Waals surface area (Å²) >= 11 is 0. The van der Waals surface area contributed by atoms with E-state index < -0.39 is 5.97 Å². The number of amides is 1. The number of benzene rings is 1. The van der Waals surface area contributed by atoms with E-state index in [1.54, 1.807) is 18.2 Å². The molecule has 0 atom stereocenters. The number of carboxylic acid groups (broad SMARTS) is 1. The molecule has 7 nitrogen and oxygen atoms in total. The Morgan fingerprint density at radius 2 is 2.17 bits per heavy atom. The second-order valence-corrected chi connectivity index (χ2v) is 3.86. The Morgan fingerprint density at radius 1 is 1.39 bits per heavy atom. The van der Waals surface area contributed by atoms with E-state index in [1.165, 1.54) is 4.68 Å². The summed E-state index contributed by atoms with van der Waals surface area (Å²) in [4.78, 5) is 22.7. The standard InChI is InChI=1S/C11H8N4O3/c16-8-5-6-3-1-2-4-7(6)15-10(12-8)9(11(17)18)13-14-15/h1-4H,5H2,(H,12,16)(H,17,18). The van der Waals surface area contributed by atoms with E-state index in [2.05, 4.69) is 15.6 Å². The van der Waals surface area contributed by atoms with Gasteiger partial charge in [-0.05, 0) is 11.6 Å². The smallest absolute Gasteiger partial charge is 0.360 e. The molecule has 0 bridgehead atoms. The predicted octanol–water partition coefficient (Wildman–Crippen LogP) is 0.460. The van der Waals surface area contributed by atoms with Crippen LogP contribution >= 0.6 is 0 Å². The summed E-state index contributed by atoms with van der Waals surface area (Å²) in [7, 11) is 0. The van der Waals surface area contributed by atoms with Crippen molar-refractivity contribution in [3.05, 3.63) is 35.5 Å². The monoisotopic (exact) mass is 244 g/mol. The molecule has 0 unspecified atom stereocenters. The molecular weight excluding hydrogens is 236 g/mol. The van der Waals surface area contributed by atoms with Gasteiger partial charge in [-0.2, -0.15) is 4.68 Å². The van der Waals surface area contributed by atoms with Crippen LogP contribution in [-0.4, -0.2) is 32.0 Å². The van der Waals surface area contributed by atoms with Gasteiger partial charge in [0.1, 0.15) is 0 Å². The maximum absolute atomic E-state index is 11.7. The van der Waals surface area contributed by atoms with Gasteiger partial charge in [0.05, 0.1) is 12.1 Å². The summed E-state index contributed by atoms with van der Waals surface area (Å²) in [5, 5.41) is 18.9. The lowest BCUT2D eigenvalue weighted by atomic mass is 10.1. The molecule has 0 saturated heterocycles. The van der Waals surface area contributed by atoms with Crippen LogP contribution in [0.15, 0.2) is 24.3 Å². The molecular formula is C11H8N4O3. The normalized spacial score (nSPS) is 13.2. The Labute approximate surface area is 101 Å². The Hall–Kier alpha value is -2.70. The van der Waals surface area contributed by atoms with Gasteiger partial charge in [-0.25, -0.2) is 4.79 Å². The van der Waals surface area contributed by atoms with E-state index in [0.717, 1.165) is 5.56 Å². The van der Waals surface area contributed by atoms with Gasteiger partial charge < -0.3 is 10.4 Å². The Bertz CT molecular complexity index is 662. The number of anilines is 1. The second kappa shape index (κ2) is 3.66. The minimum Gasteiger partial charge on any atom is -0.476 e. The predicted molar refractivity (Wildman–Crippen MR) is 60.7 cm³/mol. The van der Waals surface area contributed by atoms with Crippen molar-refractivity contribution in [2.24, 2.45) is 0 Å². The number of carboxylic acids is 1. The molecule has 0 saturated carbocycles. The van der Waals surface area contributed by atoms with Crippen molar-refractivity contribution in [3.63, 3.8) is 0 Å². The summed E-state index contributed by atoms with van der Waals surface area (Å²) < 4.78 is 1.34. The third-order valence-electron chi connectivity index (χ3n) is 2.70. The van der Waals surface area contributed by atoms with Gasteiger partial charge in [0.15, 0.2) is 5.82 Å². The molecule has 90 valence electrons. The van der Waals surface area contributed by atoms with Crippen molar-refractivity contribution in [1.82, 2.24) is 15.0 Å². The molecule has 1 aliphatic rings. The number of carbonyl (C=O) groups is 2. The molecule has 1 aliphatic heterocycles. The summed E-state index contributed by atoms with van der Waals surface area (Å²) in [6.07, 6.45) is 0.179. The molecule has 0 fully saturated rings. The second-order valence-electron chi connectivity index (χ2n) is 3.86. The van der Waals surface area contributed by atoms with E-state index in [9.17, 15) is 9.59 Å². The molecule has 2 N–H and O–H groups in total. The first-order valence-electron chi connectivity index (χ1n) is 5.24. The molecule has 2 heterocycles. The molecule has 7 heteroatoms.